The molecule has 1 aromatic heterocycles. The smallest absolute Gasteiger partial charge is 0.310 e. The zero-order chi connectivity index (χ0) is 18.4. The Balaban J connectivity index is 2.03. The first kappa shape index (κ1) is 19.6. The Hall–Kier alpha value is -1.71. The predicted octanol–water partition coefficient (Wildman–Crippen LogP) is 0.757. The average Bonchev–Trinajstić information content (AvgIpc) is 2.60. The number of rotatable bonds is 7. The second kappa shape index (κ2) is 8.59. The van der Waals surface area contributed by atoms with E-state index in [0.29, 0.717) is 31.8 Å². The maximum absolute atomic E-state index is 12.6. The van der Waals surface area contributed by atoms with Gasteiger partial charge in [0.2, 0.25) is 0 Å². The number of carbonyl (C=O) groups excluding carboxylic acids is 1. The molecule has 2 heterocycles. The van der Waals surface area contributed by atoms with E-state index in [0.717, 1.165) is 5.56 Å². The summed E-state index contributed by atoms with van der Waals surface area (Å²) in [5.41, 5.74) is 0.787. The van der Waals surface area contributed by atoms with Crippen molar-refractivity contribution in [2.45, 2.75) is 26.3 Å². The number of ether oxygens (including phenoxy) is 1. The average molecular weight is 370 g/mol. The van der Waals surface area contributed by atoms with Gasteiger partial charge >= 0.3 is 5.97 Å². The fourth-order valence-corrected chi connectivity index (χ4v) is 4.11. The summed E-state index contributed by atoms with van der Waals surface area (Å²) in [6.45, 7) is 2.74. The summed E-state index contributed by atoms with van der Waals surface area (Å²) < 4.78 is 34.1. The van der Waals surface area contributed by atoms with Crippen LogP contribution in [0.2, 0.25) is 0 Å². The normalized spacial score (nSPS) is 18.8. The molecule has 0 aromatic carbocycles. The van der Waals surface area contributed by atoms with Gasteiger partial charge in [-0.15, -0.1) is 0 Å². The van der Waals surface area contributed by atoms with Crippen molar-refractivity contribution in [1.82, 2.24) is 14.0 Å². The summed E-state index contributed by atoms with van der Waals surface area (Å²) in [6, 6.07) is 3.61. The molecule has 8 nitrogen and oxygen atoms in total. The Morgan fingerprint density at radius 2 is 2.24 bits per heavy atom. The van der Waals surface area contributed by atoms with Crippen molar-refractivity contribution in [3.05, 3.63) is 23.9 Å². The van der Waals surface area contributed by atoms with Crippen molar-refractivity contribution in [2.24, 2.45) is 5.92 Å². The summed E-state index contributed by atoms with van der Waals surface area (Å²) in [6.07, 6.45) is 2.96. The fraction of sp³-hybridized carbons (Fsp3) is 0.625. The minimum absolute atomic E-state index is 0.143. The highest BCUT2D eigenvalue weighted by atomic mass is 32.2. The molecule has 0 aliphatic carbocycles. The van der Waals surface area contributed by atoms with Gasteiger partial charge in [0.25, 0.3) is 10.2 Å². The summed E-state index contributed by atoms with van der Waals surface area (Å²) in [5.74, 6) is -0.0150. The first-order valence-corrected chi connectivity index (χ1v) is 9.81. The van der Waals surface area contributed by atoms with Gasteiger partial charge in [-0.1, -0.05) is 6.07 Å². The topological polar surface area (TPSA) is 91.8 Å². The van der Waals surface area contributed by atoms with Crippen LogP contribution < -0.4 is 9.62 Å². The SMILES string of the molecule is CCOC(=O)C1CCCN(S(=O)(=O)NCc2cccnc2N(C)C)C1. The zero-order valence-corrected chi connectivity index (χ0v) is 15.8. The molecule has 1 aliphatic rings. The summed E-state index contributed by atoms with van der Waals surface area (Å²) in [5, 5.41) is 0. The minimum atomic E-state index is -3.68. The van der Waals surface area contributed by atoms with Gasteiger partial charge in [0.15, 0.2) is 0 Å². The molecule has 1 fully saturated rings. The van der Waals surface area contributed by atoms with Crippen LogP contribution in [0.4, 0.5) is 5.82 Å². The van der Waals surface area contributed by atoms with Crippen LogP contribution in [-0.4, -0.2) is 57.5 Å². The summed E-state index contributed by atoms with van der Waals surface area (Å²) in [4.78, 5) is 18.0. The first-order valence-electron chi connectivity index (χ1n) is 8.37. The number of esters is 1. The van der Waals surface area contributed by atoms with E-state index in [1.165, 1.54) is 4.31 Å². The van der Waals surface area contributed by atoms with Crippen molar-refractivity contribution >= 4 is 22.0 Å². The van der Waals surface area contributed by atoms with Crippen LogP contribution in [0, 0.1) is 5.92 Å². The van der Waals surface area contributed by atoms with Crippen molar-refractivity contribution in [2.75, 3.05) is 38.7 Å². The van der Waals surface area contributed by atoms with Gasteiger partial charge in [-0.05, 0) is 25.8 Å². The van der Waals surface area contributed by atoms with E-state index in [-0.39, 0.29) is 19.1 Å². The predicted molar refractivity (Wildman–Crippen MR) is 95.3 cm³/mol. The number of hydrogen-bond acceptors (Lipinski definition) is 6. The molecule has 1 aromatic rings. The number of carbonyl (C=O) groups is 1. The molecule has 25 heavy (non-hydrogen) atoms. The van der Waals surface area contributed by atoms with Crippen LogP contribution in [0.15, 0.2) is 18.3 Å². The Kier molecular flexibility index (Phi) is 6.74. The number of nitrogens with zero attached hydrogens (tertiary/aromatic N) is 3. The number of nitrogens with one attached hydrogen (secondary N) is 1. The molecule has 1 atom stereocenters. The molecule has 0 saturated carbocycles. The maximum atomic E-state index is 12.6. The van der Waals surface area contributed by atoms with E-state index in [1.54, 1.807) is 19.2 Å². The Morgan fingerprint density at radius 3 is 2.92 bits per heavy atom. The summed E-state index contributed by atoms with van der Waals surface area (Å²) >= 11 is 0. The number of aromatic nitrogens is 1. The molecular formula is C16H26N4O4S. The standard InChI is InChI=1S/C16H26N4O4S/c1-4-24-16(21)14-8-6-10-20(12-14)25(22,23)18-11-13-7-5-9-17-15(13)19(2)3/h5,7,9,14,18H,4,6,8,10-12H2,1-3H3. The largest absolute Gasteiger partial charge is 0.466 e. The lowest BCUT2D eigenvalue weighted by molar-refractivity contribution is -0.149. The number of pyridine rings is 1. The highest BCUT2D eigenvalue weighted by Gasteiger charge is 2.33. The summed E-state index contributed by atoms with van der Waals surface area (Å²) in [7, 11) is 0.0360. The van der Waals surface area contributed by atoms with Gasteiger partial charge in [-0.25, -0.2) is 4.98 Å². The second-order valence-electron chi connectivity index (χ2n) is 6.16. The van der Waals surface area contributed by atoms with Crippen molar-refractivity contribution in [3.8, 4) is 0 Å². The molecule has 1 saturated heterocycles. The monoisotopic (exact) mass is 370 g/mol. The van der Waals surface area contributed by atoms with Gasteiger partial charge in [-0.2, -0.15) is 17.4 Å². The Labute approximate surface area is 149 Å². The van der Waals surface area contributed by atoms with Crippen LogP contribution in [0.3, 0.4) is 0 Å². The Morgan fingerprint density at radius 1 is 1.48 bits per heavy atom. The third-order valence-corrected chi connectivity index (χ3v) is 5.60. The van der Waals surface area contributed by atoms with E-state index in [2.05, 4.69) is 9.71 Å². The van der Waals surface area contributed by atoms with Crippen LogP contribution in [0.5, 0.6) is 0 Å². The van der Waals surface area contributed by atoms with E-state index >= 15 is 0 Å². The molecule has 0 radical (unpaired) electrons. The fourth-order valence-electron chi connectivity index (χ4n) is 2.84. The van der Waals surface area contributed by atoms with Gasteiger partial charge in [0, 0.05) is 45.5 Å². The molecule has 2 rings (SSSR count). The molecule has 0 amide bonds. The molecule has 1 unspecified atom stereocenters. The number of anilines is 1. The van der Waals surface area contributed by atoms with E-state index < -0.39 is 16.1 Å². The second-order valence-corrected chi connectivity index (χ2v) is 7.91. The molecule has 140 valence electrons. The molecule has 1 N–H and O–H groups in total. The van der Waals surface area contributed by atoms with E-state index in [1.807, 2.05) is 25.1 Å². The highest BCUT2D eigenvalue weighted by molar-refractivity contribution is 7.87. The third-order valence-electron chi connectivity index (χ3n) is 4.08. The van der Waals surface area contributed by atoms with Crippen molar-refractivity contribution in [3.63, 3.8) is 0 Å². The van der Waals surface area contributed by atoms with Crippen molar-refractivity contribution in [1.29, 1.82) is 0 Å². The Bertz CT molecular complexity index is 693. The molecule has 0 bridgehead atoms. The van der Waals surface area contributed by atoms with Crippen molar-refractivity contribution < 1.29 is 17.9 Å². The lowest BCUT2D eigenvalue weighted by atomic mass is 10.0. The molecule has 1 aliphatic heterocycles. The van der Waals surface area contributed by atoms with Crippen LogP contribution in [-0.2, 0) is 26.3 Å². The van der Waals surface area contributed by atoms with E-state index in [4.69, 9.17) is 4.74 Å². The van der Waals surface area contributed by atoms with Gasteiger partial charge in [-0.3, -0.25) is 4.79 Å². The highest BCUT2D eigenvalue weighted by Crippen LogP contribution is 2.21. The molecule has 9 heteroatoms. The van der Waals surface area contributed by atoms with Gasteiger partial charge in [0.1, 0.15) is 5.82 Å². The van der Waals surface area contributed by atoms with Crippen LogP contribution >= 0.6 is 0 Å². The first-order chi connectivity index (χ1) is 11.8. The third kappa shape index (κ3) is 5.13. The van der Waals surface area contributed by atoms with E-state index in [9.17, 15) is 13.2 Å². The molecule has 0 spiro atoms. The van der Waals surface area contributed by atoms with Crippen LogP contribution in [0.1, 0.15) is 25.3 Å². The maximum Gasteiger partial charge on any atom is 0.310 e. The minimum Gasteiger partial charge on any atom is -0.466 e. The zero-order valence-electron chi connectivity index (χ0n) is 14.9. The number of hydrogen-bond donors (Lipinski definition) is 1. The molecular weight excluding hydrogens is 344 g/mol. The lowest BCUT2D eigenvalue weighted by Gasteiger charge is -2.30. The van der Waals surface area contributed by atoms with Gasteiger partial charge in [0.05, 0.1) is 12.5 Å². The number of piperidine rings is 1. The van der Waals surface area contributed by atoms with Crippen LogP contribution in [0.25, 0.3) is 0 Å². The van der Waals surface area contributed by atoms with Gasteiger partial charge < -0.3 is 9.64 Å². The quantitative estimate of drug-likeness (QED) is 0.713. The lowest BCUT2D eigenvalue weighted by Crippen LogP contribution is -2.47.